The number of pyridine rings is 1. The highest BCUT2D eigenvalue weighted by Crippen LogP contribution is 2.40. The summed E-state index contributed by atoms with van der Waals surface area (Å²) in [4.78, 5) is 20.2. The third-order valence-electron chi connectivity index (χ3n) is 8.64. The molecule has 0 amide bonds. The van der Waals surface area contributed by atoms with E-state index in [0.29, 0.717) is 6.61 Å². The lowest BCUT2D eigenvalue weighted by Gasteiger charge is -2.44. The van der Waals surface area contributed by atoms with E-state index in [1.54, 1.807) is 0 Å². The second-order valence-electron chi connectivity index (χ2n) is 11.5. The Labute approximate surface area is 233 Å². The van der Waals surface area contributed by atoms with Gasteiger partial charge in [0.25, 0.3) is 0 Å². The number of ether oxygens (including phenoxy) is 3. The van der Waals surface area contributed by atoms with Crippen LogP contribution in [0.3, 0.4) is 0 Å². The van der Waals surface area contributed by atoms with Crippen LogP contribution in [0.2, 0.25) is 0 Å². The number of benzene rings is 1. The fourth-order valence-corrected chi connectivity index (χ4v) is 6.20. The number of hydrogen-bond donors (Lipinski definition) is 1. The highest BCUT2D eigenvalue weighted by molar-refractivity contribution is 5.78. The van der Waals surface area contributed by atoms with Crippen molar-refractivity contribution < 1.29 is 19.0 Å². The molecule has 0 bridgehead atoms. The minimum atomic E-state index is -0.390. The summed E-state index contributed by atoms with van der Waals surface area (Å²) in [6.45, 7) is 9.38. The zero-order valence-electron chi connectivity index (χ0n) is 23.8. The third-order valence-corrected chi connectivity index (χ3v) is 8.64. The average molecular weight is 536 g/mol. The summed E-state index contributed by atoms with van der Waals surface area (Å²) >= 11 is 0. The lowest BCUT2D eigenvalue weighted by Crippen LogP contribution is -2.55. The number of anilines is 1. The number of rotatable bonds is 12. The Kier molecular flexibility index (Phi) is 9.53. The molecular weight excluding hydrogens is 490 g/mol. The number of nitrogens with one attached hydrogen (secondary N) is 1. The van der Waals surface area contributed by atoms with Crippen molar-refractivity contribution in [2.24, 2.45) is 0 Å². The first-order valence-corrected chi connectivity index (χ1v) is 15.0. The molecular formula is C32H45N3O4. The second kappa shape index (κ2) is 13.2. The second-order valence-corrected chi connectivity index (χ2v) is 11.5. The molecule has 2 saturated heterocycles. The Hall–Kier alpha value is -2.48. The van der Waals surface area contributed by atoms with Crippen LogP contribution in [-0.4, -0.2) is 68.0 Å². The molecule has 7 nitrogen and oxygen atoms in total. The summed E-state index contributed by atoms with van der Waals surface area (Å²) in [5.41, 5.74) is 4.86. The van der Waals surface area contributed by atoms with Crippen molar-refractivity contribution in [1.29, 1.82) is 0 Å². The summed E-state index contributed by atoms with van der Waals surface area (Å²) in [6.07, 6.45) is 8.73. The van der Waals surface area contributed by atoms with Gasteiger partial charge >= 0.3 is 5.97 Å². The minimum absolute atomic E-state index is 0.00544. The SMILES string of the molecule is CCOC(=O)C(c1ccccc1C1(C)CCOCC1)N1CC(OCCCCCc2ccc3c(n2)NCCC3)C1. The molecule has 3 aliphatic heterocycles. The van der Waals surface area contributed by atoms with Gasteiger partial charge < -0.3 is 19.5 Å². The maximum absolute atomic E-state index is 13.2. The molecule has 0 spiro atoms. The molecule has 5 rings (SSSR count). The van der Waals surface area contributed by atoms with Crippen LogP contribution in [-0.2, 0) is 37.3 Å². The summed E-state index contributed by atoms with van der Waals surface area (Å²) in [5, 5.41) is 3.43. The van der Waals surface area contributed by atoms with E-state index in [-0.39, 0.29) is 23.5 Å². The Balaban J connectivity index is 1.10. The topological polar surface area (TPSA) is 72.9 Å². The Morgan fingerprint density at radius 1 is 1.15 bits per heavy atom. The number of likely N-dealkylation sites (tertiary alicyclic amines) is 1. The van der Waals surface area contributed by atoms with Crippen molar-refractivity contribution >= 4 is 11.8 Å². The quantitative estimate of drug-likeness (QED) is 0.295. The molecule has 3 aliphatic rings. The number of nitrogens with zero attached hydrogens (tertiary/aromatic N) is 2. The summed E-state index contributed by atoms with van der Waals surface area (Å²) < 4.78 is 17.4. The van der Waals surface area contributed by atoms with Gasteiger partial charge in [0.15, 0.2) is 0 Å². The first-order chi connectivity index (χ1) is 19.1. The lowest BCUT2D eigenvalue weighted by atomic mass is 9.73. The van der Waals surface area contributed by atoms with E-state index in [1.165, 1.54) is 23.2 Å². The molecule has 0 radical (unpaired) electrons. The van der Waals surface area contributed by atoms with E-state index in [0.717, 1.165) is 95.8 Å². The standard InChI is InChI=1S/C32H45N3O4/c1-3-38-31(36)29(27-12-6-7-13-28(27)32(2)16-20-37-21-17-32)35-22-26(23-35)39-19-8-4-5-11-25-15-14-24-10-9-18-33-30(24)34-25/h6-7,12-15,26,29H,3-5,8-11,16-23H2,1-2H3,(H,33,34). The smallest absolute Gasteiger partial charge is 0.328 e. The minimum Gasteiger partial charge on any atom is -0.465 e. The zero-order chi connectivity index (χ0) is 27.1. The van der Waals surface area contributed by atoms with Crippen LogP contribution < -0.4 is 5.32 Å². The molecule has 7 heteroatoms. The fourth-order valence-electron chi connectivity index (χ4n) is 6.20. The molecule has 2 fully saturated rings. The summed E-state index contributed by atoms with van der Waals surface area (Å²) in [6, 6.07) is 12.5. The van der Waals surface area contributed by atoms with E-state index in [4.69, 9.17) is 19.2 Å². The van der Waals surface area contributed by atoms with E-state index in [1.807, 2.05) is 13.0 Å². The van der Waals surface area contributed by atoms with Crippen molar-refractivity contribution in [1.82, 2.24) is 9.88 Å². The van der Waals surface area contributed by atoms with Gasteiger partial charge in [0, 0.05) is 45.1 Å². The average Bonchev–Trinajstić information content (AvgIpc) is 2.93. The molecule has 1 atom stereocenters. The Morgan fingerprint density at radius 2 is 1.97 bits per heavy atom. The van der Waals surface area contributed by atoms with Gasteiger partial charge in [-0.3, -0.25) is 4.90 Å². The molecule has 0 aliphatic carbocycles. The number of aromatic nitrogens is 1. The predicted molar refractivity (Wildman–Crippen MR) is 153 cm³/mol. The highest BCUT2D eigenvalue weighted by Gasteiger charge is 2.42. The van der Waals surface area contributed by atoms with E-state index < -0.39 is 0 Å². The molecule has 212 valence electrons. The number of unbranched alkanes of at least 4 members (excludes halogenated alkanes) is 2. The van der Waals surface area contributed by atoms with Crippen LogP contribution in [0.15, 0.2) is 36.4 Å². The molecule has 39 heavy (non-hydrogen) atoms. The number of carbonyl (C=O) groups excluding carboxylic acids is 1. The van der Waals surface area contributed by atoms with Gasteiger partial charge in [-0.25, -0.2) is 9.78 Å². The van der Waals surface area contributed by atoms with Gasteiger partial charge in [-0.15, -0.1) is 0 Å². The molecule has 2 aromatic rings. The lowest BCUT2D eigenvalue weighted by molar-refractivity contribution is -0.157. The number of fused-ring (bicyclic) bond motifs is 1. The van der Waals surface area contributed by atoms with Crippen molar-refractivity contribution in [3.8, 4) is 0 Å². The van der Waals surface area contributed by atoms with Crippen LogP contribution in [0.4, 0.5) is 5.82 Å². The van der Waals surface area contributed by atoms with Gasteiger partial charge in [-0.05, 0) is 80.0 Å². The predicted octanol–water partition coefficient (Wildman–Crippen LogP) is 5.23. The van der Waals surface area contributed by atoms with Crippen LogP contribution in [0.1, 0.15) is 80.8 Å². The molecule has 0 saturated carbocycles. The van der Waals surface area contributed by atoms with E-state index in [2.05, 4.69) is 47.5 Å². The summed E-state index contributed by atoms with van der Waals surface area (Å²) in [5.74, 6) is 0.923. The molecule has 1 aromatic heterocycles. The maximum Gasteiger partial charge on any atom is 0.328 e. The van der Waals surface area contributed by atoms with E-state index in [9.17, 15) is 4.79 Å². The van der Waals surface area contributed by atoms with Crippen LogP contribution in [0, 0.1) is 0 Å². The van der Waals surface area contributed by atoms with Crippen molar-refractivity contribution in [2.75, 3.05) is 51.4 Å². The fraction of sp³-hybridized carbons (Fsp3) is 0.625. The number of aryl methyl sites for hydroxylation is 2. The van der Waals surface area contributed by atoms with Gasteiger partial charge in [-0.2, -0.15) is 0 Å². The first kappa shape index (κ1) is 28.1. The number of hydrogen-bond acceptors (Lipinski definition) is 7. The molecule has 1 aromatic carbocycles. The van der Waals surface area contributed by atoms with Crippen LogP contribution >= 0.6 is 0 Å². The molecule has 4 heterocycles. The van der Waals surface area contributed by atoms with Gasteiger partial charge in [0.05, 0.1) is 12.7 Å². The van der Waals surface area contributed by atoms with Crippen molar-refractivity contribution in [3.63, 3.8) is 0 Å². The van der Waals surface area contributed by atoms with Gasteiger partial charge in [0.2, 0.25) is 0 Å². The van der Waals surface area contributed by atoms with Crippen molar-refractivity contribution in [2.45, 2.75) is 82.8 Å². The van der Waals surface area contributed by atoms with Gasteiger partial charge in [0.1, 0.15) is 11.9 Å². The zero-order valence-corrected chi connectivity index (χ0v) is 23.8. The monoisotopic (exact) mass is 535 g/mol. The Bertz CT molecular complexity index is 1090. The van der Waals surface area contributed by atoms with Crippen LogP contribution in [0.25, 0.3) is 0 Å². The number of carbonyl (C=O) groups is 1. The normalized spacial score (nSPS) is 19.9. The van der Waals surface area contributed by atoms with Crippen molar-refractivity contribution in [3.05, 3.63) is 58.8 Å². The number of esters is 1. The Morgan fingerprint density at radius 3 is 2.79 bits per heavy atom. The molecule has 1 N–H and O–H groups in total. The van der Waals surface area contributed by atoms with Crippen LogP contribution in [0.5, 0.6) is 0 Å². The highest BCUT2D eigenvalue weighted by atomic mass is 16.5. The molecule has 1 unspecified atom stereocenters. The van der Waals surface area contributed by atoms with Gasteiger partial charge in [-0.1, -0.05) is 43.7 Å². The largest absolute Gasteiger partial charge is 0.465 e. The summed E-state index contributed by atoms with van der Waals surface area (Å²) in [7, 11) is 0. The first-order valence-electron chi connectivity index (χ1n) is 15.0. The maximum atomic E-state index is 13.2. The third kappa shape index (κ3) is 6.82. The van der Waals surface area contributed by atoms with E-state index >= 15 is 0 Å².